The average Bonchev–Trinajstić information content (AvgIpc) is 1.87. The van der Waals surface area contributed by atoms with Crippen LogP contribution in [0.3, 0.4) is 0 Å². The number of halogens is 5. The molecule has 66 valence electrons. The van der Waals surface area contributed by atoms with E-state index in [-0.39, 0.29) is 0 Å². The Morgan fingerprint density at radius 1 is 1.27 bits per heavy atom. The second kappa shape index (κ2) is 4.66. The van der Waals surface area contributed by atoms with Crippen molar-refractivity contribution in [1.29, 1.82) is 0 Å². The Morgan fingerprint density at radius 3 is 2.00 bits per heavy atom. The lowest BCUT2D eigenvalue weighted by Crippen LogP contribution is -2.24. The third kappa shape index (κ3) is 4.31. The lowest BCUT2D eigenvalue weighted by Gasteiger charge is -2.08. The number of carbonyl (C=O) groups excluding carboxylic acids is 1. The Morgan fingerprint density at radius 2 is 1.73 bits per heavy atom. The quantitative estimate of drug-likeness (QED) is 0.526. The van der Waals surface area contributed by atoms with Crippen LogP contribution in [0.2, 0.25) is 0 Å². The van der Waals surface area contributed by atoms with E-state index in [2.05, 4.69) is 4.74 Å². The normalized spacial score (nSPS) is 13.7. The molecule has 0 aliphatic heterocycles. The van der Waals surface area contributed by atoms with Gasteiger partial charge in [0.15, 0.2) is 0 Å². The van der Waals surface area contributed by atoms with Gasteiger partial charge < -0.3 is 4.74 Å². The summed E-state index contributed by atoms with van der Waals surface area (Å²) in [6.07, 6.45) is -6.35. The minimum atomic E-state index is -3.38. The molecule has 0 aromatic rings. The fourth-order valence-corrected chi connectivity index (χ4v) is 0.317. The van der Waals surface area contributed by atoms with Crippen LogP contribution in [0.15, 0.2) is 0 Å². The van der Waals surface area contributed by atoms with E-state index in [0.29, 0.717) is 0 Å². The fourth-order valence-electron chi connectivity index (χ4n) is 0.214. The maximum Gasteiger partial charge on any atom is 0.342 e. The van der Waals surface area contributed by atoms with Crippen molar-refractivity contribution in [2.45, 2.75) is 17.6 Å². The van der Waals surface area contributed by atoms with Crippen molar-refractivity contribution in [3.63, 3.8) is 0 Å². The molecule has 0 saturated carbocycles. The van der Waals surface area contributed by atoms with Crippen LogP contribution in [0.5, 0.6) is 0 Å². The minimum absolute atomic E-state index is 1.43. The summed E-state index contributed by atoms with van der Waals surface area (Å²) in [5.41, 5.74) is 0. The zero-order valence-corrected chi connectivity index (χ0v) is 6.45. The Balaban J connectivity index is 3.76. The van der Waals surface area contributed by atoms with E-state index in [4.69, 9.17) is 23.2 Å². The highest BCUT2D eigenvalue weighted by Crippen LogP contribution is 2.11. The monoisotopic (exact) mass is 210 g/mol. The summed E-state index contributed by atoms with van der Waals surface area (Å²) >= 11 is 9.71. The van der Waals surface area contributed by atoms with Crippen LogP contribution in [0.1, 0.15) is 0 Å². The molecule has 0 heterocycles. The van der Waals surface area contributed by atoms with E-state index in [1.54, 1.807) is 0 Å². The number of esters is 1. The molecule has 11 heavy (non-hydrogen) atoms. The van der Waals surface area contributed by atoms with Crippen LogP contribution in [-0.4, -0.2) is 23.6 Å². The van der Waals surface area contributed by atoms with Crippen molar-refractivity contribution in [2.75, 3.05) is 0 Å². The summed E-state index contributed by atoms with van der Waals surface area (Å²) in [7, 11) is 0. The van der Waals surface area contributed by atoms with Crippen molar-refractivity contribution in [1.82, 2.24) is 0 Å². The molecule has 0 aliphatic carbocycles. The first-order valence-corrected chi connectivity index (χ1v) is 3.23. The van der Waals surface area contributed by atoms with E-state index >= 15 is 0 Å². The number of hydrogen-bond acceptors (Lipinski definition) is 2. The molecule has 2 nitrogen and oxygen atoms in total. The second-order valence-electron chi connectivity index (χ2n) is 1.42. The van der Waals surface area contributed by atoms with Gasteiger partial charge >= 0.3 is 18.8 Å². The molecule has 0 spiro atoms. The van der Waals surface area contributed by atoms with Gasteiger partial charge in [-0.05, 0) is 0 Å². The van der Waals surface area contributed by atoms with Crippen molar-refractivity contribution in [3.05, 3.63) is 0 Å². The van der Waals surface area contributed by atoms with Crippen LogP contribution in [0.4, 0.5) is 13.2 Å². The van der Waals surface area contributed by atoms with Crippen molar-refractivity contribution in [3.8, 4) is 0 Å². The molecule has 0 aromatic carbocycles. The lowest BCUT2D eigenvalue weighted by atomic mass is 10.7. The van der Waals surface area contributed by atoms with Crippen LogP contribution in [0, 0.1) is 0 Å². The number of rotatable bonds is 3. The standard InChI is InChI=1S/C4H3Cl2F3O2/c5-1(6)4(10)11-3(9)2(7)8/h1-3H. The summed E-state index contributed by atoms with van der Waals surface area (Å²) in [6.45, 7) is 0. The summed E-state index contributed by atoms with van der Waals surface area (Å²) in [5.74, 6) is -1.43. The smallest absolute Gasteiger partial charge is 0.342 e. The van der Waals surface area contributed by atoms with E-state index < -0.39 is 23.6 Å². The minimum Gasteiger partial charge on any atom is -0.423 e. The lowest BCUT2D eigenvalue weighted by molar-refractivity contribution is -0.171. The molecule has 0 amide bonds. The number of alkyl halides is 5. The van der Waals surface area contributed by atoms with Crippen LogP contribution in [-0.2, 0) is 9.53 Å². The first kappa shape index (κ1) is 10.8. The Bertz CT molecular complexity index is 141. The van der Waals surface area contributed by atoms with E-state index in [1.807, 2.05) is 0 Å². The summed E-state index contributed by atoms with van der Waals surface area (Å²) in [5, 5.41) is 0. The average molecular weight is 211 g/mol. The maximum absolute atomic E-state index is 11.8. The molecular weight excluding hydrogens is 208 g/mol. The predicted molar refractivity (Wildman–Crippen MR) is 32.5 cm³/mol. The molecule has 0 saturated heterocycles. The van der Waals surface area contributed by atoms with E-state index in [0.717, 1.165) is 0 Å². The highest BCUT2D eigenvalue weighted by Gasteiger charge is 2.26. The van der Waals surface area contributed by atoms with Crippen LogP contribution in [0.25, 0.3) is 0 Å². The van der Waals surface area contributed by atoms with Crippen LogP contribution >= 0.6 is 23.2 Å². The molecule has 0 aliphatic rings. The van der Waals surface area contributed by atoms with Gasteiger partial charge in [-0.2, -0.15) is 4.39 Å². The van der Waals surface area contributed by atoms with Gasteiger partial charge in [0.1, 0.15) is 0 Å². The first-order valence-electron chi connectivity index (χ1n) is 2.36. The van der Waals surface area contributed by atoms with Gasteiger partial charge in [0.05, 0.1) is 0 Å². The molecule has 7 heteroatoms. The van der Waals surface area contributed by atoms with Gasteiger partial charge in [0.25, 0.3) is 0 Å². The molecule has 0 fully saturated rings. The Kier molecular flexibility index (Phi) is 4.60. The van der Waals surface area contributed by atoms with E-state index in [9.17, 15) is 18.0 Å². The first-order chi connectivity index (χ1) is 4.95. The molecule has 0 aromatic heterocycles. The van der Waals surface area contributed by atoms with Gasteiger partial charge in [-0.3, -0.25) is 0 Å². The zero-order valence-electron chi connectivity index (χ0n) is 4.94. The molecular formula is C4H3Cl2F3O2. The number of hydrogen-bond donors (Lipinski definition) is 0. The van der Waals surface area contributed by atoms with Crippen molar-refractivity contribution >= 4 is 29.2 Å². The van der Waals surface area contributed by atoms with Gasteiger partial charge in [-0.1, -0.05) is 23.2 Å². The van der Waals surface area contributed by atoms with Gasteiger partial charge in [-0.25, -0.2) is 13.6 Å². The second-order valence-corrected chi connectivity index (χ2v) is 2.52. The Labute approximate surface area is 70.2 Å². The van der Waals surface area contributed by atoms with E-state index in [1.165, 1.54) is 0 Å². The largest absolute Gasteiger partial charge is 0.423 e. The third-order valence-electron chi connectivity index (χ3n) is 0.605. The van der Waals surface area contributed by atoms with Crippen molar-refractivity contribution < 1.29 is 22.7 Å². The van der Waals surface area contributed by atoms with Crippen LogP contribution < -0.4 is 0 Å². The molecule has 0 radical (unpaired) electrons. The van der Waals surface area contributed by atoms with Gasteiger partial charge in [0.2, 0.25) is 4.84 Å². The molecule has 0 bridgehead atoms. The predicted octanol–water partition coefficient (Wildman–Crippen LogP) is 1.89. The summed E-state index contributed by atoms with van der Waals surface area (Å²) < 4.78 is 37.9. The molecule has 0 N–H and O–H groups in total. The third-order valence-corrected chi connectivity index (χ3v) is 0.961. The molecule has 1 unspecified atom stereocenters. The van der Waals surface area contributed by atoms with Crippen molar-refractivity contribution in [2.24, 2.45) is 0 Å². The topological polar surface area (TPSA) is 26.3 Å². The Hall–Kier alpha value is -0.160. The molecule has 1 atom stereocenters. The van der Waals surface area contributed by atoms with Gasteiger partial charge in [-0.15, -0.1) is 0 Å². The maximum atomic E-state index is 11.8. The van der Waals surface area contributed by atoms with Gasteiger partial charge in [0, 0.05) is 0 Å². The summed E-state index contributed by atoms with van der Waals surface area (Å²) in [4.78, 5) is 8.55. The fraction of sp³-hybridized carbons (Fsp3) is 0.750. The highest BCUT2D eigenvalue weighted by atomic mass is 35.5. The SMILES string of the molecule is O=C(OC(F)C(F)F)C(Cl)Cl. The summed E-state index contributed by atoms with van der Waals surface area (Å²) in [6, 6.07) is 0. The zero-order chi connectivity index (χ0) is 9.02. The highest BCUT2D eigenvalue weighted by molar-refractivity contribution is 6.52. The molecule has 0 rings (SSSR count). The number of carbonyl (C=O) groups is 1. The number of ether oxygens (including phenoxy) is 1.